The first-order valence-corrected chi connectivity index (χ1v) is 16.3. The molecule has 9 nitrogen and oxygen atoms in total. The third kappa shape index (κ3) is 8.95. The van der Waals surface area contributed by atoms with Crippen LogP contribution in [-0.4, -0.2) is 72.7 Å². The number of ether oxygens (including phenoxy) is 2. The number of hydrogen-bond acceptors (Lipinski definition) is 5. The highest BCUT2D eigenvalue weighted by Gasteiger charge is 2.41. The number of carbonyl (C=O) groups is 3. The number of aromatic amines is 1. The topological polar surface area (TPSA) is 113 Å². The second-order valence-corrected chi connectivity index (χ2v) is 12.4. The summed E-state index contributed by atoms with van der Waals surface area (Å²) in [6.07, 6.45) is 5.32. The van der Waals surface area contributed by atoms with Crippen LogP contribution < -0.4 is 10.6 Å². The van der Waals surface area contributed by atoms with Crippen molar-refractivity contribution in [3.05, 3.63) is 71.9 Å². The summed E-state index contributed by atoms with van der Waals surface area (Å²) in [7, 11) is 3.25. The summed E-state index contributed by atoms with van der Waals surface area (Å²) in [4.78, 5) is 46.0. The molecule has 1 aliphatic rings. The molecular weight excluding hydrogens is 568 g/mol. The molecule has 1 aromatic heterocycles. The van der Waals surface area contributed by atoms with Crippen molar-refractivity contribution in [3.8, 4) is 0 Å². The number of H-pyrrole nitrogens is 1. The van der Waals surface area contributed by atoms with Gasteiger partial charge in [-0.1, -0.05) is 75.7 Å². The molecule has 1 fully saturated rings. The molecule has 244 valence electrons. The minimum absolute atomic E-state index is 0.0276. The van der Waals surface area contributed by atoms with Gasteiger partial charge in [-0.15, -0.1) is 0 Å². The molecule has 2 heterocycles. The monoisotopic (exact) mass is 618 g/mol. The van der Waals surface area contributed by atoms with E-state index < -0.39 is 18.1 Å². The summed E-state index contributed by atoms with van der Waals surface area (Å²) in [6.45, 7) is 7.11. The third-order valence-electron chi connectivity index (χ3n) is 9.32. The first-order chi connectivity index (χ1) is 21.7. The molecule has 3 aromatic rings. The summed E-state index contributed by atoms with van der Waals surface area (Å²) in [5, 5.41) is 7.06. The van der Waals surface area contributed by atoms with E-state index in [1.807, 2.05) is 72.6 Å². The number of benzene rings is 2. The maximum Gasteiger partial charge on any atom is 0.243 e. The molecular formula is C36H50N4O5. The van der Waals surface area contributed by atoms with Crippen molar-refractivity contribution in [1.82, 2.24) is 20.5 Å². The van der Waals surface area contributed by atoms with Crippen molar-refractivity contribution in [3.63, 3.8) is 0 Å². The standard InChI is InChI=1S/C36H50N4O5/c1-6-24(2)19-28(44-4)21-33(41)40-18-12-17-32(40)34(45-5)25(3)35(42)39-31(36(43)38-22-26-13-8-7-9-14-26)20-27-23-37-30-16-11-10-15-29(27)30/h7-11,13-16,23-25,28,31-32,34,37H,6,12,17-22H2,1-5H3,(H,38,43)(H,39,42)/t24-,25+,28-,31-,32-,34+/m0/s1. The minimum atomic E-state index is -0.801. The summed E-state index contributed by atoms with van der Waals surface area (Å²) in [5.74, 6) is -0.649. The normalized spacial score (nSPS) is 18.2. The second kappa shape index (κ2) is 16.6. The highest BCUT2D eigenvalue weighted by Crippen LogP contribution is 2.28. The summed E-state index contributed by atoms with van der Waals surface area (Å²) in [6, 6.07) is 16.6. The van der Waals surface area contributed by atoms with Crippen molar-refractivity contribution >= 4 is 28.6 Å². The molecule has 0 radical (unpaired) electrons. The van der Waals surface area contributed by atoms with Crippen LogP contribution in [0, 0.1) is 11.8 Å². The first kappa shape index (κ1) is 34.2. The van der Waals surface area contributed by atoms with E-state index in [4.69, 9.17) is 9.47 Å². The van der Waals surface area contributed by atoms with Gasteiger partial charge in [-0.2, -0.15) is 0 Å². The number of fused-ring (bicyclic) bond motifs is 1. The van der Waals surface area contributed by atoms with Crippen molar-refractivity contribution in [2.24, 2.45) is 11.8 Å². The van der Waals surface area contributed by atoms with Crippen LogP contribution in [0.15, 0.2) is 60.8 Å². The number of hydrogen-bond donors (Lipinski definition) is 3. The Hall–Kier alpha value is -3.69. The fourth-order valence-electron chi connectivity index (χ4n) is 6.42. The maximum absolute atomic E-state index is 13.8. The zero-order chi connectivity index (χ0) is 32.3. The molecule has 0 saturated carbocycles. The average Bonchev–Trinajstić information content (AvgIpc) is 3.71. The molecule has 1 aliphatic heterocycles. The zero-order valence-corrected chi connectivity index (χ0v) is 27.4. The number of nitrogens with zero attached hydrogens (tertiary/aromatic N) is 1. The van der Waals surface area contributed by atoms with Gasteiger partial charge in [0.15, 0.2) is 0 Å². The molecule has 45 heavy (non-hydrogen) atoms. The van der Waals surface area contributed by atoms with Gasteiger partial charge in [0.05, 0.1) is 30.6 Å². The maximum atomic E-state index is 13.8. The molecule has 1 saturated heterocycles. The summed E-state index contributed by atoms with van der Waals surface area (Å²) < 4.78 is 11.6. The Morgan fingerprint density at radius 2 is 1.73 bits per heavy atom. The summed E-state index contributed by atoms with van der Waals surface area (Å²) >= 11 is 0. The molecule has 3 N–H and O–H groups in total. The van der Waals surface area contributed by atoms with Crippen LogP contribution in [-0.2, 0) is 36.8 Å². The molecule has 0 bridgehead atoms. The Balaban J connectivity index is 1.47. The fraction of sp³-hybridized carbons (Fsp3) is 0.528. The molecule has 2 aromatic carbocycles. The summed E-state index contributed by atoms with van der Waals surface area (Å²) in [5.41, 5.74) is 2.89. The van der Waals surface area contributed by atoms with Gasteiger partial charge in [0.2, 0.25) is 17.7 Å². The van der Waals surface area contributed by atoms with Gasteiger partial charge in [0.25, 0.3) is 0 Å². The number of likely N-dealkylation sites (tertiary alicyclic amines) is 1. The lowest BCUT2D eigenvalue weighted by molar-refractivity contribution is -0.142. The van der Waals surface area contributed by atoms with Crippen LogP contribution in [0.2, 0.25) is 0 Å². The number of nitrogens with one attached hydrogen (secondary N) is 3. The lowest BCUT2D eigenvalue weighted by atomic mass is 9.93. The molecule has 4 rings (SSSR count). The van der Waals surface area contributed by atoms with Crippen LogP contribution in [0.1, 0.15) is 64.0 Å². The van der Waals surface area contributed by atoms with Gasteiger partial charge in [-0.05, 0) is 42.4 Å². The Morgan fingerprint density at radius 3 is 2.44 bits per heavy atom. The first-order valence-electron chi connectivity index (χ1n) is 16.3. The Kier molecular flexibility index (Phi) is 12.6. The fourth-order valence-corrected chi connectivity index (χ4v) is 6.42. The average molecular weight is 619 g/mol. The second-order valence-electron chi connectivity index (χ2n) is 12.4. The molecule has 0 spiro atoms. The predicted molar refractivity (Wildman–Crippen MR) is 176 cm³/mol. The van der Waals surface area contributed by atoms with E-state index in [1.165, 1.54) is 0 Å². The lowest BCUT2D eigenvalue weighted by Gasteiger charge is -2.35. The van der Waals surface area contributed by atoms with Gasteiger partial charge >= 0.3 is 0 Å². The van der Waals surface area contributed by atoms with E-state index in [9.17, 15) is 14.4 Å². The van der Waals surface area contributed by atoms with Gasteiger partial charge in [-0.3, -0.25) is 14.4 Å². The van der Waals surface area contributed by atoms with Crippen LogP contribution in [0.5, 0.6) is 0 Å². The van der Waals surface area contributed by atoms with Crippen molar-refractivity contribution in [2.45, 2.75) is 90.1 Å². The van der Waals surface area contributed by atoms with Crippen LogP contribution in [0.4, 0.5) is 0 Å². The Bertz CT molecular complexity index is 1390. The van der Waals surface area contributed by atoms with Crippen molar-refractivity contribution < 1.29 is 23.9 Å². The van der Waals surface area contributed by atoms with E-state index in [0.717, 1.165) is 47.7 Å². The largest absolute Gasteiger partial charge is 0.381 e. The minimum Gasteiger partial charge on any atom is -0.381 e. The number of rotatable bonds is 16. The van der Waals surface area contributed by atoms with Gasteiger partial charge in [0.1, 0.15) is 6.04 Å². The highest BCUT2D eigenvalue weighted by molar-refractivity contribution is 5.90. The zero-order valence-electron chi connectivity index (χ0n) is 27.4. The number of para-hydroxylation sites is 1. The van der Waals surface area contributed by atoms with Crippen LogP contribution in [0.3, 0.4) is 0 Å². The predicted octanol–water partition coefficient (Wildman–Crippen LogP) is 5.00. The molecule has 9 heteroatoms. The molecule has 6 atom stereocenters. The number of aromatic nitrogens is 1. The van der Waals surface area contributed by atoms with Crippen molar-refractivity contribution in [1.29, 1.82) is 0 Å². The molecule has 3 amide bonds. The van der Waals surface area contributed by atoms with E-state index in [2.05, 4.69) is 29.5 Å². The van der Waals surface area contributed by atoms with E-state index >= 15 is 0 Å². The smallest absolute Gasteiger partial charge is 0.243 e. The van der Waals surface area contributed by atoms with E-state index in [-0.39, 0.29) is 29.9 Å². The number of carbonyl (C=O) groups excluding carboxylic acids is 3. The number of methoxy groups -OCH3 is 2. The molecule has 0 aliphatic carbocycles. The third-order valence-corrected chi connectivity index (χ3v) is 9.32. The van der Waals surface area contributed by atoms with Gasteiger partial charge < -0.3 is 30.0 Å². The lowest BCUT2D eigenvalue weighted by Crippen LogP contribution is -2.54. The quantitative estimate of drug-likeness (QED) is 0.209. The molecule has 0 unspecified atom stereocenters. The van der Waals surface area contributed by atoms with Crippen LogP contribution >= 0.6 is 0 Å². The van der Waals surface area contributed by atoms with Crippen molar-refractivity contribution in [2.75, 3.05) is 20.8 Å². The van der Waals surface area contributed by atoms with Gasteiger partial charge in [0, 0.05) is 50.8 Å². The van der Waals surface area contributed by atoms with Crippen LogP contribution in [0.25, 0.3) is 10.9 Å². The van der Waals surface area contributed by atoms with E-state index in [0.29, 0.717) is 31.8 Å². The highest BCUT2D eigenvalue weighted by atomic mass is 16.5. The van der Waals surface area contributed by atoms with E-state index in [1.54, 1.807) is 14.2 Å². The number of amides is 3. The Morgan fingerprint density at radius 1 is 1.00 bits per heavy atom. The van der Waals surface area contributed by atoms with Gasteiger partial charge in [-0.25, -0.2) is 0 Å². The Labute approximate surface area is 267 Å². The SMILES string of the molecule is CC[C@H](C)C[C@@H](CC(=O)N1CCC[C@H]1[C@H](OC)[C@@H](C)C(=O)N[C@@H](Cc1c[nH]c2ccccc12)C(=O)NCc1ccccc1)OC.